The number of nitrogens with one attached hydrogen (secondary N) is 1. The van der Waals surface area contributed by atoms with E-state index in [1.54, 1.807) is 0 Å². The van der Waals surface area contributed by atoms with Gasteiger partial charge in [0.2, 0.25) is 0 Å². The normalized spacial score (nSPS) is 25.8. The lowest BCUT2D eigenvalue weighted by Crippen LogP contribution is -2.57. The molecule has 5 heteroatoms. The Kier molecular flexibility index (Phi) is 5.28. The van der Waals surface area contributed by atoms with Crippen molar-refractivity contribution in [1.82, 2.24) is 15.2 Å². The fraction of sp³-hybridized carbons (Fsp3) is 0.346. The maximum absolute atomic E-state index is 13.4. The fourth-order valence-corrected chi connectivity index (χ4v) is 5.47. The van der Waals surface area contributed by atoms with Crippen molar-refractivity contribution in [3.05, 3.63) is 84.8 Å². The van der Waals surface area contributed by atoms with Crippen LogP contribution in [0.3, 0.4) is 0 Å². The predicted octanol–water partition coefficient (Wildman–Crippen LogP) is 3.43. The van der Waals surface area contributed by atoms with Gasteiger partial charge in [-0.1, -0.05) is 24.3 Å². The number of aromatic nitrogens is 2. The number of fused-ring (bicyclic) bond motifs is 4. The number of rotatable bonds is 5. The minimum atomic E-state index is -0.103. The third kappa shape index (κ3) is 3.63. The summed E-state index contributed by atoms with van der Waals surface area (Å²) in [5, 5.41) is 4.52. The van der Waals surface area contributed by atoms with Crippen LogP contribution in [0.2, 0.25) is 0 Å². The van der Waals surface area contributed by atoms with Gasteiger partial charge in [-0.25, -0.2) is 0 Å². The highest BCUT2D eigenvalue weighted by molar-refractivity contribution is 5.92. The SMILES string of the molecule is C=CC1CN2CCC1CC2[C@@H](NC(=O)c1cccc[n+]1C)c1ccnc2ccccc12. The van der Waals surface area contributed by atoms with Crippen molar-refractivity contribution in [3.8, 4) is 0 Å². The number of pyridine rings is 2. The molecule has 3 aliphatic heterocycles. The van der Waals surface area contributed by atoms with Crippen molar-refractivity contribution in [1.29, 1.82) is 0 Å². The smallest absolute Gasteiger partial charge is 0.316 e. The minimum Gasteiger partial charge on any atom is -0.338 e. The number of hydrogen-bond donors (Lipinski definition) is 1. The van der Waals surface area contributed by atoms with E-state index in [0.717, 1.165) is 36.0 Å². The van der Waals surface area contributed by atoms with Crippen molar-refractivity contribution >= 4 is 16.8 Å². The monoisotopic (exact) mass is 413 g/mol. The van der Waals surface area contributed by atoms with E-state index in [-0.39, 0.29) is 18.0 Å². The van der Waals surface area contributed by atoms with E-state index in [4.69, 9.17) is 0 Å². The maximum atomic E-state index is 13.4. The first-order valence-electron chi connectivity index (χ1n) is 11.1. The summed E-state index contributed by atoms with van der Waals surface area (Å²) in [7, 11) is 1.91. The van der Waals surface area contributed by atoms with Crippen LogP contribution in [0, 0.1) is 11.8 Å². The van der Waals surface area contributed by atoms with Crippen LogP contribution in [0.5, 0.6) is 0 Å². The second kappa shape index (κ2) is 8.23. The number of nitrogens with zero attached hydrogens (tertiary/aromatic N) is 3. The molecular weight excluding hydrogens is 384 g/mol. The Bertz CT molecular complexity index is 1120. The molecule has 3 aromatic rings. The van der Waals surface area contributed by atoms with Crippen LogP contribution < -0.4 is 9.88 Å². The molecule has 5 nitrogen and oxygen atoms in total. The summed E-state index contributed by atoms with van der Waals surface area (Å²) >= 11 is 0. The zero-order valence-electron chi connectivity index (χ0n) is 17.9. The fourth-order valence-electron chi connectivity index (χ4n) is 5.47. The van der Waals surface area contributed by atoms with Crippen LogP contribution in [0.4, 0.5) is 0 Å². The first-order valence-corrected chi connectivity index (χ1v) is 11.1. The molecule has 1 N–H and O–H groups in total. The number of piperidine rings is 3. The molecule has 0 spiro atoms. The van der Waals surface area contributed by atoms with Gasteiger partial charge in [-0.05, 0) is 55.0 Å². The summed E-state index contributed by atoms with van der Waals surface area (Å²) in [5.41, 5.74) is 2.76. The number of carbonyl (C=O) groups excluding carboxylic acids is 1. The molecule has 0 radical (unpaired) electrons. The highest BCUT2D eigenvalue weighted by Gasteiger charge is 2.43. The quantitative estimate of drug-likeness (QED) is 0.515. The van der Waals surface area contributed by atoms with Crippen LogP contribution in [0.15, 0.2) is 73.6 Å². The Morgan fingerprint density at radius 3 is 2.87 bits per heavy atom. The summed E-state index contributed by atoms with van der Waals surface area (Å²) in [6.45, 7) is 6.16. The Labute approximate surface area is 183 Å². The average molecular weight is 414 g/mol. The zero-order valence-corrected chi connectivity index (χ0v) is 17.9. The third-order valence-electron chi connectivity index (χ3n) is 7.13. The molecule has 158 valence electrons. The molecule has 1 amide bonds. The summed E-state index contributed by atoms with van der Waals surface area (Å²) < 4.78 is 1.87. The molecule has 5 heterocycles. The Hall–Kier alpha value is -3.05. The number of benzene rings is 1. The van der Waals surface area contributed by atoms with Gasteiger partial charge >= 0.3 is 5.91 Å². The standard InChI is InChI=1S/C26H28N4O/c1-3-18-17-30-15-12-19(18)16-24(30)25(28-26(31)23-10-6-7-14-29(23)2)21-11-13-27-22-9-5-4-8-20(21)22/h3-11,13-14,18-19,24-25H,1,12,15-17H2,2H3/p+1/t18?,19?,24?,25-/m0/s1. The molecule has 3 fully saturated rings. The largest absolute Gasteiger partial charge is 0.338 e. The van der Waals surface area contributed by atoms with Gasteiger partial charge in [0.15, 0.2) is 6.20 Å². The highest BCUT2D eigenvalue weighted by atomic mass is 16.2. The molecule has 6 rings (SSSR count). The second-order valence-corrected chi connectivity index (χ2v) is 8.81. The molecule has 5 atom stereocenters. The van der Waals surface area contributed by atoms with E-state index in [0.29, 0.717) is 17.5 Å². The van der Waals surface area contributed by atoms with Crippen LogP contribution in [0.1, 0.15) is 34.9 Å². The summed E-state index contributed by atoms with van der Waals surface area (Å²) in [5.74, 6) is 1.13. The number of carbonyl (C=O) groups is 1. The Morgan fingerprint density at radius 1 is 1.26 bits per heavy atom. The Morgan fingerprint density at radius 2 is 2.10 bits per heavy atom. The minimum absolute atomic E-state index is 0.0445. The molecule has 4 unspecified atom stereocenters. The van der Waals surface area contributed by atoms with Crippen molar-refractivity contribution in [3.63, 3.8) is 0 Å². The van der Waals surface area contributed by atoms with Gasteiger partial charge in [-0.15, -0.1) is 6.58 Å². The maximum Gasteiger partial charge on any atom is 0.316 e. The first kappa shape index (κ1) is 19.9. The summed E-state index contributed by atoms with van der Waals surface area (Å²) in [4.78, 5) is 20.5. The van der Waals surface area contributed by atoms with Crippen LogP contribution in [-0.2, 0) is 7.05 Å². The molecule has 3 aliphatic rings. The molecule has 0 aliphatic carbocycles. The average Bonchev–Trinajstić information content (AvgIpc) is 2.82. The number of para-hydroxylation sites is 1. The predicted molar refractivity (Wildman–Crippen MR) is 121 cm³/mol. The van der Waals surface area contributed by atoms with Crippen LogP contribution >= 0.6 is 0 Å². The van der Waals surface area contributed by atoms with Gasteiger partial charge in [-0.3, -0.25) is 14.7 Å². The molecule has 1 aromatic carbocycles. The first-order chi connectivity index (χ1) is 15.2. The van der Waals surface area contributed by atoms with Crippen molar-refractivity contribution in [2.24, 2.45) is 18.9 Å². The van der Waals surface area contributed by atoms with E-state index in [9.17, 15) is 4.79 Å². The van der Waals surface area contributed by atoms with E-state index < -0.39 is 0 Å². The molecule has 3 saturated heterocycles. The lowest BCUT2D eigenvalue weighted by molar-refractivity contribution is -0.673. The van der Waals surface area contributed by atoms with Gasteiger partial charge < -0.3 is 5.32 Å². The number of amides is 1. The lowest BCUT2D eigenvalue weighted by atomic mass is 9.73. The van der Waals surface area contributed by atoms with Gasteiger partial charge in [-0.2, -0.15) is 4.57 Å². The van der Waals surface area contributed by atoms with Crippen LogP contribution in [0.25, 0.3) is 10.9 Å². The molecule has 2 bridgehead atoms. The van der Waals surface area contributed by atoms with Crippen molar-refractivity contribution in [2.45, 2.75) is 24.9 Å². The van der Waals surface area contributed by atoms with Crippen LogP contribution in [-0.4, -0.2) is 34.9 Å². The topological polar surface area (TPSA) is 49.1 Å². The highest BCUT2D eigenvalue weighted by Crippen LogP contribution is 2.42. The van der Waals surface area contributed by atoms with Gasteiger partial charge in [0, 0.05) is 36.3 Å². The zero-order chi connectivity index (χ0) is 21.4. The summed E-state index contributed by atoms with van der Waals surface area (Å²) in [6, 6.07) is 16.2. The van der Waals surface area contributed by atoms with Crippen molar-refractivity contribution in [2.75, 3.05) is 13.1 Å². The van der Waals surface area contributed by atoms with Gasteiger partial charge in [0.25, 0.3) is 5.69 Å². The number of hydrogen-bond acceptors (Lipinski definition) is 3. The van der Waals surface area contributed by atoms with E-state index >= 15 is 0 Å². The molecule has 2 aromatic heterocycles. The molecular formula is C26H29N4O+. The van der Waals surface area contributed by atoms with E-state index in [1.807, 2.05) is 60.4 Å². The molecule has 31 heavy (non-hydrogen) atoms. The third-order valence-corrected chi connectivity index (χ3v) is 7.13. The van der Waals surface area contributed by atoms with Gasteiger partial charge in [0.1, 0.15) is 7.05 Å². The number of aryl methyl sites for hydroxylation is 1. The summed E-state index contributed by atoms with van der Waals surface area (Å²) in [6.07, 6.45) is 8.17. The second-order valence-electron chi connectivity index (χ2n) is 8.81. The molecule has 0 saturated carbocycles. The van der Waals surface area contributed by atoms with E-state index in [1.165, 1.54) is 6.42 Å². The van der Waals surface area contributed by atoms with Crippen molar-refractivity contribution < 1.29 is 9.36 Å². The van der Waals surface area contributed by atoms with E-state index in [2.05, 4.69) is 40.0 Å². The van der Waals surface area contributed by atoms with Gasteiger partial charge in [0.05, 0.1) is 11.6 Å². The Balaban J connectivity index is 1.55. The lowest BCUT2D eigenvalue weighted by Gasteiger charge is -2.51.